The largest absolute Gasteiger partial charge is 0.423 e. The third-order valence-corrected chi connectivity index (χ3v) is 3.94. The summed E-state index contributed by atoms with van der Waals surface area (Å²) in [5.74, 6) is -0.796. The summed E-state index contributed by atoms with van der Waals surface area (Å²) in [5.41, 5.74) is 4.23. The van der Waals surface area contributed by atoms with Crippen molar-refractivity contribution >= 4 is 23.8 Å². The van der Waals surface area contributed by atoms with Crippen LogP contribution in [-0.4, -0.2) is 28.0 Å². The number of hydrogen-bond donors (Lipinski definition) is 1. The van der Waals surface area contributed by atoms with Gasteiger partial charge in [0.2, 0.25) is 0 Å². The van der Waals surface area contributed by atoms with Crippen molar-refractivity contribution < 1.29 is 19.2 Å². The second-order valence-electron chi connectivity index (χ2n) is 6.15. The van der Waals surface area contributed by atoms with Gasteiger partial charge in [0, 0.05) is 24.0 Å². The number of nitrogens with zero attached hydrogens (tertiary/aromatic N) is 3. The average molecular weight is 404 g/mol. The number of carbonyl (C=O) groups excluding carboxylic acids is 2. The minimum Gasteiger partial charge on any atom is -0.423 e. The Balaban J connectivity index is 1.61. The molecule has 9 heteroatoms. The highest BCUT2D eigenvalue weighted by atomic mass is 16.6. The van der Waals surface area contributed by atoms with E-state index in [4.69, 9.17) is 4.74 Å². The molecule has 0 saturated heterocycles. The first-order chi connectivity index (χ1) is 14.4. The normalized spacial score (nSPS) is 10.6. The lowest BCUT2D eigenvalue weighted by atomic mass is 10.2. The van der Waals surface area contributed by atoms with Gasteiger partial charge in [-0.05, 0) is 48.9 Å². The average Bonchev–Trinajstić information content (AvgIpc) is 2.74. The fourth-order valence-corrected chi connectivity index (χ4v) is 2.38. The van der Waals surface area contributed by atoms with Gasteiger partial charge in [-0.25, -0.2) is 10.2 Å². The van der Waals surface area contributed by atoms with Crippen LogP contribution in [-0.2, 0) is 0 Å². The Bertz CT molecular complexity index is 1110. The molecule has 2 aromatic carbocycles. The SMILES string of the molecule is Cc1ccc(C(=O)NN=Cc2cccc(OC(=O)c3ccc([N+](=O)[O-])cc3)c2)cn1. The van der Waals surface area contributed by atoms with Crippen molar-refractivity contribution in [3.05, 3.63) is 99.4 Å². The fraction of sp³-hybridized carbons (Fsp3) is 0.0476. The van der Waals surface area contributed by atoms with Crippen LogP contribution in [0.5, 0.6) is 5.75 Å². The van der Waals surface area contributed by atoms with Crippen molar-refractivity contribution in [2.24, 2.45) is 5.10 Å². The number of aryl methyl sites for hydroxylation is 1. The predicted molar refractivity (Wildman–Crippen MR) is 109 cm³/mol. The molecular weight excluding hydrogens is 388 g/mol. The molecule has 0 fully saturated rings. The third-order valence-electron chi connectivity index (χ3n) is 3.94. The molecule has 0 aliphatic rings. The zero-order valence-corrected chi connectivity index (χ0v) is 15.8. The van der Waals surface area contributed by atoms with E-state index in [1.807, 2.05) is 6.92 Å². The number of amides is 1. The molecule has 0 aliphatic heterocycles. The number of hydrazone groups is 1. The van der Waals surface area contributed by atoms with E-state index in [0.29, 0.717) is 11.1 Å². The van der Waals surface area contributed by atoms with E-state index < -0.39 is 16.8 Å². The standard InChI is InChI=1S/C21H16N4O5/c1-14-5-6-17(13-22-14)20(26)24-23-12-15-3-2-4-19(11-15)30-21(27)16-7-9-18(10-8-16)25(28)29/h2-13H,1H3,(H,24,26). The van der Waals surface area contributed by atoms with Gasteiger partial charge in [-0.1, -0.05) is 12.1 Å². The summed E-state index contributed by atoms with van der Waals surface area (Å²) in [6.45, 7) is 1.82. The molecule has 0 unspecified atom stereocenters. The number of pyridine rings is 1. The monoisotopic (exact) mass is 404 g/mol. The van der Waals surface area contributed by atoms with Crippen molar-refractivity contribution in [3.8, 4) is 5.75 Å². The lowest BCUT2D eigenvalue weighted by molar-refractivity contribution is -0.384. The Morgan fingerprint density at radius 3 is 2.50 bits per heavy atom. The van der Waals surface area contributed by atoms with Gasteiger partial charge < -0.3 is 4.74 Å². The van der Waals surface area contributed by atoms with Gasteiger partial charge in [-0.3, -0.25) is 19.9 Å². The minimum absolute atomic E-state index is 0.117. The zero-order chi connectivity index (χ0) is 21.5. The molecule has 0 aliphatic carbocycles. The Kier molecular flexibility index (Phi) is 6.23. The quantitative estimate of drug-likeness (QED) is 0.221. The zero-order valence-electron chi connectivity index (χ0n) is 15.8. The van der Waals surface area contributed by atoms with E-state index in [0.717, 1.165) is 5.69 Å². The molecule has 0 atom stereocenters. The summed E-state index contributed by atoms with van der Waals surface area (Å²) >= 11 is 0. The molecule has 1 N–H and O–H groups in total. The minimum atomic E-state index is -0.654. The molecule has 0 saturated carbocycles. The van der Waals surface area contributed by atoms with Crippen LogP contribution in [0.1, 0.15) is 32.0 Å². The first-order valence-corrected chi connectivity index (χ1v) is 8.75. The van der Waals surface area contributed by atoms with Crippen molar-refractivity contribution in [2.45, 2.75) is 6.92 Å². The summed E-state index contributed by atoms with van der Waals surface area (Å²) in [7, 11) is 0. The van der Waals surface area contributed by atoms with Crippen molar-refractivity contribution in [1.29, 1.82) is 0 Å². The molecule has 9 nitrogen and oxygen atoms in total. The molecule has 0 bridgehead atoms. The Hall–Kier alpha value is -4.40. The molecule has 30 heavy (non-hydrogen) atoms. The summed E-state index contributed by atoms with van der Waals surface area (Å²) in [6, 6.07) is 15.0. The topological polar surface area (TPSA) is 124 Å². The van der Waals surface area contributed by atoms with Crippen LogP contribution in [0.3, 0.4) is 0 Å². The second kappa shape index (κ2) is 9.20. The van der Waals surface area contributed by atoms with Crippen LogP contribution in [0, 0.1) is 17.0 Å². The van der Waals surface area contributed by atoms with Gasteiger partial charge in [0.25, 0.3) is 11.6 Å². The molecule has 0 radical (unpaired) electrons. The number of non-ortho nitro benzene ring substituents is 1. The van der Waals surface area contributed by atoms with Crippen LogP contribution < -0.4 is 10.2 Å². The van der Waals surface area contributed by atoms with Gasteiger partial charge in [0.15, 0.2) is 0 Å². The van der Waals surface area contributed by atoms with Crippen LogP contribution in [0.15, 0.2) is 72.0 Å². The Labute approximate surface area is 171 Å². The van der Waals surface area contributed by atoms with Crippen LogP contribution in [0.25, 0.3) is 0 Å². The summed E-state index contributed by atoms with van der Waals surface area (Å²) in [4.78, 5) is 38.4. The summed E-state index contributed by atoms with van der Waals surface area (Å²) < 4.78 is 5.28. The molecule has 1 aromatic heterocycles. The maximum Gasteiger partial charge on any atom is 0.343 e. The highest BCUT2D eigenvalue weighted by Gasteiger charge is 2.11. The fourth-order valence-electron chi connectivity index (χ4n) is 2.38. The van der Waals surface area contributed by atoms with Crippen molar-refractivity contribution in [1.82, 2.24) is 10.4 Å². The molecule has 150 valence electrons. The molecule has 3 rings (SSSR count). The van der Waals surface area contributed by atoms with Crippen LogP contribution in [0.4, 0.5) is 5.69 Å². The number of nitro groups is 1. The number of nitro benzene ring substituents is 1. The lowest BCUT2D eigenvalue weighted by Crippen LogP contribution is -2.17. The maximum atomic E-state index is 12.2. The van der Waals surface area contributed by atoms with Gasteiger partial charge in [-0.15, -0.1) is 0 Å². The predicted octanol–water partition coefficient (Wildman–Crippen LogP) is 3.28. The first kappa shape index (κ1) is 20.3. The number of ether oxygens (including phenoxy) is 1. The summed E-state index contributed by atoms with van der Waals surface area (Å²) in [5, 5.41) is 14.6. The molecule has 1 amide bonds. The van der Waals surface area contributed by atoms with Gasteiger partial charge >= 0.3 is 5.97 Å². The Morgan fingerprint density at radius 1 is 1.10 bits per heavy atom. The van der Waals surface area contributed by atoms with Crippen molar-refractivity contribution in [2.75, 3.05) is 0 Å². The van der Waals surface area contributed by atoms with E-state index in [2.05, 4.69) is 15.5 Å². The number of benzene rings is 2. The van der Waals surface area contributed by atoms with Crippen molar-refractivity contribution in [3.63, 3.8) is 0 Å². The number of carbonyl (C=O) groups is 2. The lowest BCUT2D eigenvalue weighted by Gasteiger charge is -2.05. The maximum absolute atomic E-state index is 12.2. The van der Waals surface area contributed by atoms with E-state index in [9.17, 15) is 19.7 Å². The molecule has 0 spiro atoms. The highest BCUT2D eigenvalue weighted by molar-refractivity contribution is 5.94. The first-order valence-electron chi connectivity index (χ1n) is 8.75. The van der Waals surface area contributed by atoms with Crippen LogP contribution in [0.2, 0.25) is 0 Å². The Morgan fingerprint density at radius 2 is 1.83 bits per heavy atom. The smallest absolute Gasteiger partial charge is 0.343 e. The van der Waals surface area contributed by atoms with Gasteiger partial charge in [0.1, 0.15) is 5.75 Å². The summed E-state index contributed by atoms with van der Waals surface area (Å²) in [6.07, 6.45) is 2.86. The number of esters is 1. The van der Waals surface area contributed by atoms with E-state index in [-0.39, 0.29) is 17.0 Å². The van der Waals surface area contributed by atoms with Gasteiger partial charge in [-0.2, -0.15) is 5.10 Å². The van der Waals surface area contributed by atoms with Gasteiger partial charge in [0.05, 0.1) is 22.3 Å². The number of hydrogen-bond acceptors (Lipinski definition) is 7. The number of nitrogens with one attached hydrogen (secondary N) is 1. The second-order valence-corrected chi connectivity index (χ2v) is 6.15. The number of rotatable bonds is 6. The molecule has 3 aromatic rings. The van der Waals surface area contributed by atoms with E-state index >= 15 is 0 Å². The van der Waals surface area contributed by atoms with Crippen LogP contribution >= 0.6 is 0 Å². The molecule has 1 heterocycles. The van der Waals surface area contributed by atoms with E-state index in [1.54, 1.807) is 36.4 Å². The van der Waals surface area contributed by atoms with E-state index in [1.165, 1.54) is 36.7 Å². The highest BCUT2D eigenvalue weighted by Crippen LogP contribution is 2.16. The third kappa shape index (κ3) is 5.32. The molecular formula is C21H16N4O5. The number of aromatic nitrogens is 1.